The normalized spacial score (nSPS) is 24.2. The van der Waals surface area contributed by atoms with Crippen molar-refractivity contribution in [3.8, 4) is 0 Å². The second-order valence-corrected chi connectivity index (χ2v) is 4.94. The van der Waals surface area contributed by atoms with E-state index in [2.05, 4.69) is 25.3 Å². The second kappa shape index (κ2) is 2.10. The second-order valence-electron chi connectivity index (χ2n) is 1.45. The highest BCUT2D eigenvalue weighted by Crippen LogP contribution is 2.38. The smallest absolute Gasteiger partial charge is 0.284 e. The molecule has 0 aromatic carbocycles. The Morgan fingerprint density at radius 2 is 2.00 bits per heavy atom. The summed E-state index contributed by atoms with van der Waals surface area (Å²) in [5.74, 6) is -0.468. The van der Waals surface area contributed by atoms with Crippen LogP contribution in [0.4, 0.5) is 4.79 Å². The van der Waals surface area contributed by atoms with E-state index in [0.29, 0.717) is 0 Å². The molecule has 1 saturated heterocycles. The fourth-order valence-electron chi connectivity index (χ4n) is 0.375. The summed E-state index contributed by atoms with van der Waals surface area (Å²) in [5, 5.41) is 1.64. The predicted molar refractivity (Wildman–Crippen MR) is 41.8 cm³/mol. The van der Waals surface area contributed by atoms with Crippen molar-refractivity contribution in [2.24, 2.45) is 0 Å². The van der Waals surface area contributed by atoms with Crippen LogP contribution in [0.3, 0.4) is 0 Å². The molecule has 0 aromatic rings. The van der Waals surface area contributed by atoms with Gasteiger partial charge in [0.25, 0.3) is 11.1 Å². The summed E-state index contributed by atoms with van der Waals surface area (Å²) in [4.78, 5) is 21.0. The molecule has 9 heavy (non-hydrogen) atoms. The Kier molecular flexibility index (Phi) is 1.71. The van der Waals surface area contributed by atoms with Gasteiger partial charge in [-0.2, -0.15) is 0 Å². The van der Waals surface area contributed by atoms with Crippen LogP contribution in [-0.4, -0.2) is 14.6 Å². The maximum Gasteiger partial charge on any atom is 0.288 e. The van der Waals surface area contributed by atoms with Gasteiger partial charge in [0.05, 0.1) is 0 Å². The van der Waals surface area contributed by atoms with Gasteiger partial charge in [0, 0.05) is 0 Å². The average Bonchev–Trinajstić information content (AvgIpc) is 1.79. The van der Waals surface area contributed by atoms with Crippen molar-refractivity contribution in [2.75, 3.05) is 0 Å². The zero-order valence-electron chi connectivity index (χ0n) is 4.12. The van der Waals surface area contributed by atoms with Crippen molar-refractivity contribution in [1.82, 2.24) is 5.32 Å². The number of imide groups is 1. The zero-order valence-corrected chi connectivity index (χ0v) is 6.72. The maximum atomic E-state index is 10.6. The van der Waals surface area contributed by atoms with Crippen LogP contribution >= 0.6 is 37.0 Å². The third-order valence-electron chi connectivity index (χ3n) is 0.746. The average molecular weight is 181 g/mol. The van der Waals surface area contributed by atoms with Crippen LogP contribution in [0.15, 0.2) is 0 Å². The first-order valence-corrected chi connectivity index (χ1v) is 3.72. The number of thiol groups is 2. The molecule has 50 valence electrons. The Hall–Kier alpha value is 0.190. The number of carbonyl (C=O) groups excluding carboxylic acids is 2. The molecule has 0 atom stereocenters. The van der Waals surface area contributed by atoms with Gasteiger partial charge in [-0.25, -0.2) is 0 Å². The minimum atomic E-state index is -1.17. The third kappa shape index (κ3) is 1.36. The van der Waals surface area contributed by atoms with Crippen molar-refractivity contribution < 1.29 is 9.59 Å². The summed E-state index contributed by atoms with van der Waals surface area (Å²) >= 11 is 8.35. The van der Waals surface area contributed by atoms with E-state index in [1.54, 1.807) is 0 Å². The van der Waals surface area contributed by atoms with Crippen molar-refractivity contribution in [1.29, 1.82) is 0 Å². The minimum absolute atomic E-state index is 0.398. The highest BCUT2D eigenvalue weighted by Gasteiger charge is 2.41. The molecule has 0 bridgehead atoms. The Labute approximate surface area is 66.8 Å². The molecule has 1 heterocycles. The molecule has 1 N–H and O–H groups in total. The molecule has 0 aliphatic carbocycles. The number of rotatable bonds is 0. The van der Waals surface area contributed by atoms with E-state index < -0.39 is 14.6 Å². The minimum Gasteiger partial charge on any atom is -0.284 e. The molecule has 0 spiro atoms. The molecule has 6 heteroatoms. The molecular weight excluding hydrogens is 178 g/mol. The van der Waals surface area contributed by atoms with Crippen LogP contribution in [0.5, 0.6) is 0 Å². The van der Waals surface area contributed by atoms with E-state index in [9.17, 15) is 9.59 Å². The summed E-state index contributed by atoms with van der Waals surface area (Å²) < 4.78 is -1.17. The van der Waals surface area contributed by atoms with Crippen LogP contribution in [0.2, 0.25) is 0 Å². The number of carbonyl (C=O) groups is 2. The number of thioether (sulfide) groups is 1. The highest BCUT2D eigenvalue weighted by molar-refractivity contribution is 8.33. The molecule has 3 nitrogen and oxygen atoms in total. The fraction of sp³-hybridized carbons (Fsp3) is 0.333. The van der Waals surface area contributed by atoms with E-state index in [0.717, 1.165) is 11.8 Å². The molecule has 0 saturated carbocycles. The summed E-state index contributed by atoms with van der Waals surface area (Å²) in [7, 11) is 0. The van der Waals surface area contributed by atoms with Gasteiger partial charge in [-0.05, 0) is 11.8 Å². The topological polar surface area (TPSA) is 46.2 Å². The van der Waals surface area contributed by atoms with Gasteiger partial charge in [-0.15, -0.1) is 25.3 Å². The van der Waals surface area contributed by atoms with Crippen LogP contribution in [0.25, 0.3) is 0 Å². The van der Waals surface area contributed by atoms with E-state index in [1.807, 2.05) is 5.32 Å². The highest BCUT2D eigenvalue weighted by atomic mass is 32.2. The van der Waals surface area contributed by atoms with Crippen molar-refractivity contribution in [2.45, 2.75) is 3.41 Å². The lowest BCUT2D eigenvalue weighted by Gasteiger charge is -2.05. The molecule has 0 radical (unpaired) electrons. The lowest BCUT2D eigenvalue weighted by molar-refractivity contribution is -0.118. The van der Waals surface area contributed by atoms with E-state index in [-0.39, 0.29) is 0 Å². The molecule has 1 rings (SSSR count). The van der Waals surface area contributed by atoms with Gasteiger partial charge < -0.3 is 0 Å². The SMILES string of the molecule is O=C1NC(=O)C(S)(S)S1. The Balaban J connectivity index is 2.81. The van der Waals surface area contributed by atoms with Crippen molar-refractivity contribution in [3.63, 3.8) is 0 Å². The Morgan fingerprint density at radius 1 is 1.44 bits per heavy atom. The summed E-state index contributed by atoms with van der Waals surface area (Å²) in [6.07, 6.45) is 0. The summed E-state index contributed by atoms with van der Waals surface area (Å²) in [6, 6.07) is 0. The first-order valence-electron chi connectivity index (χ1n) is 2.01. The van der Waals surface area contributed by atoms with Gasteiger partial charge in [-0.1, -0.05) is 0 Å². The molecule has 1 aliphatic heterocycles. The van der Waals surface area contributed by atoms with E-state index in [1.165, 1.54) is 0 Å². The predicted octanol–water partition coefficient (Wildman–Crippen LogP) is 0.483. The molecular formula is C3H3NO2S3. The van der Waals surface area contributed by atoms with Gasteiger partial charge in [0.2, 0.25) is 0 Å². The van der Waals surface area contributed by atoms with E-state index >= 15 is 0 Å². The summed E-state index contributed by atoms with van der Waals surface area (Å²) in [6.45, 7) is 0. The van der Waals surface area contributed by atoms with Crippen LogP contribution in [0.1, 0.15) is 0 Å². The lowest BCUT2D eigenvalue weighted by atomic mass is 10.7. The van der Waals surface area contributed by atoms with Gasteiger partial charge in [-0.3, -0.25) is 14.9 Å². The first-order chi connectivity index (χ1) is 4.02. The third-order valence-corrected chi connectivity index (χ3v) is 2.46. The standard InChI is InChI=1S/C3H3NO2S3/c5-1-3(7,8)9-2(6)4-1/h7-8H,(H,4,5,6). The van der Waals surface area contributed by atoms with Crippen LogP contribution in [-0.2, 0) is 4.79 Å². The van der Waals surface area contributed by atoms with Crippen LogP contribution in [0, 0.1) is 0 Å². The Bertz CT molecular complexity index is 178. The van der Waals surface area contributed by atoms with Gasteiger partial charge >= 0.3 is 0 Å². The number of hydrogen-bond acceptors (Lipinski definition) is 5. The molecule has 0 unspecified atom stereocenters. The number of hydrogen-bond donors (Lipinski definition) is 3. The zero-order chi connectivity index (χ0) is 7.07. The number of amides is 2. The molecule has 2 amide bonds. The number of nitrogens with one attached hydrogen (secondary N) is 1. The maximum absolute atomic E-state index is 10.6. The largest absolute Gasteiger partial charge is 0.288 e. The fourth-order valence-corrected chi connectivity index (χ4v) is 1.53. The van der Waals surface area contributed by atoms with Gasteiger partial charge in [0.1, 0.15) is 0 Å². The van der Waals surface area contributed by atoms with Crippen LogP contribution < -0.4 is 5.32 Å². The monoisotopic (exact) mass is 181 g/mol. The van der Waals surface area contributed by atoms with Crippen molar-refractivity contribution in [3.05, 3.63) is 0 Å². The lowest BCUT2D eigenvalue weighted by Crippen LogP contribution is -2.26. The molecule has 1 aliphatic rings. The quantitative estimate of drug-likeness (QED) is 0.376. The van der Waals surface area contributed by atoms with Gasteiger partial charge in [0.15, 0.2) is 3.41 Å². The molecule has 0 aromatic heterocycles. The summed E-state index contributed by atoms with van der Waals surface area (Å²) in [5.41, 5.74) is 0. The Morgan fingerprint density at radius 3 is 2.11 bits per heavy atom. The van der Waals surface area contributed by atoms with E-state index in [4.69, 9.17) is 0 Å². The first kappa shape index (κ1) is 7.30. The van der Waals surface area contributed by atoms with Crippen molar-refractivity contribution >= 4 is 48.2 Å². The molecule has 1 fully saturated rings.